The zero-order valence-electron chi connectivity index (χ0n) is 11.6. The van der Waals surface area contributed by atoms with Crippen molar-refractivity contribution in [2.75, 3.05) is 19.6 Å². The number of amides is 1. The first-order valence-corrected chi connectivity index (χ1v) is 7.00. The molecule has 1 saturated heterocycles. The Morgan fingerprint density at radius 1 is 1.38 bits per heavy atom. The minimum absolute atomic E-state index is 0.0575. The van der Waals surface area contributed by atoms with Gasteiger partial charge in [0.1, 0.15) is 5.69 Å². The van der Waals surface area contributed by atoms with Crippen molar-refractivity contribution in [1.82, 2.24) is 20.2 Å². The van der Waals surface area contributed by atoms with Gasteiger partial charge >= 0.3 is 0 Å². The number of hydrogen-bond acceptors (Lipinski definition) is 4. The second kappa shape index (κ2) is 6.07. The Hall–Kier alpha value is -2.18. The number of aromatic nitrogens is 2. The summed E-state index contributed by atoms with van der Waals surface area (Å²) in [6, 6.07) is 9.59. The number of β-amino-alcohol motifs (C(OH)–C–C–N with tert-alkyl or cyclic N) is 1. The van der Waals surface area contributed by atoms with Crippen molar-refractivity contribution in [3.63, 3.8) is 0 Å². The summed E-state index contributed by atoms with van der Waals surface area (Å²) in [6.07, 6.45) is 2.77. The zero-order valence-corrected chi connectivity index (χ0v) is 11.6. The van der Waals surface area contributed by atoms with Crippen LogP contribution in [0.3, 0.4) is 0 Å². The Labute approximate surface area is 122 Å². The minimum atomic E-state index is -0.399. The average Bonchev–Trinajstić information content (AvgIpc) is 3.15. The van der Waals surface area contributed by atoms with Crippen molar-refractivity contribution in [3.05, 3.63) is 48.5 Å². The van der Waals surface area contributed by atoms with Crippen molar-refractivity contribution in [2.45, 2.75) is 6.10 Å². The van der Waals surface area contributed by atoms with Gasteiger partial charge in [0.2, 0.25) is 0 Å². The number of nitrogens with zero attached hydrogens (tertiary/aromatic N) is 2. The van der Waals surface area contributed by atoms with E-state index in [2.05, 4.69) is 15.6 Å². The Bertz CT molecular complexity index is 611. The lowest BCUT2D eigenvalue weighted by molar-refractivity contribution is 0.0920. The molecule has 1 fully saturated rings. The normalized spacial score (nSPS) is 21.4. The van der Waals surface area contributed by atoms with Crippen molar-refractivity contribution in [3.8, 4) is 5.69 Å². The number of benzene rings is 1. The summed E-state index contributed by atoms with van der Waals surface area (Å²) in [7, 11) is 0. The summed E-state index contributed by atoms with van der Waals surface area (Å²) >= 11 is 0. The highest BCUT2D eigenvalue weighted by Crippen LogP contribution is 2.11. The molecule has 110 valence electrons. The maximum absolute atomic E-state index is 12.3. The van der Waals surface area contributed by atoms with E-state index in [9.17, 15) is 9.90 Å². The van der Waals surface area contributed by atoms with Crippen molar-refractivity contribution >= 4 is 5.91 Å². The lowest BCUT2D eigenvalue weighted by atomic mass is 10.1. The summed E-state index contributed by atoms with van der Waals surface area (Å²) < 4.78 is 1.75. The molecule has 0 spiro atoms. The fourth-order valence-corrected chi connectivity index (χ4v) is 2.50. The Morgan fingerprint density at radius 3 is 2.90 bits per heavy atom. The third kappa shape index (κ3) is 2.96. The van der Waals surface area contributed by atoms with Crippen LogP contribution in [0.25, 0.3) is 5.69 Å². The maximum atomic E-state index is 12.3. The summed E-state index contributed by atoms with van der Waals surface area (Å²) in [4.78, 5) is 16.3. The number of para-hydroxylation sites is 1. The Kier molecular flexibility index (Phi) is 3.98. The van der Waals surface area contributed by atoms with E-state index in [4.69, 9.17) is 0 Å². The molecule has 2 atom stereocenters. The predicted octanol–water partition coefficient (Wildman–Crippen LogP) is 0.182. The minimum Gasteiger partial charge on any atom is -0.391 e. The third-order valence-corrected chi connectivity index (χ3v) is 3.73. The first-order chi connectivity index (χ1) is 10.3. The molecule has 6 nitrogen and oxygen atoms in total. The Balaban J connectivity index is 1.70. The molecule has 2 unspecified atom stereocenters. The molecule has 21 heavy (non-hydrogen) atoms. The average molecular weight is 286 g/mol. The molecule has 1 aromatic carbocycles. The van der Waals surface area contributed by atoms with E-state index in [1.807, 2.05) is 30.3 Å². The number of rotatable bonds is 4. The van der Waals surface area contributed by atoms with Crippen LogP contribution < -0.4 is 10.6 Å². The number of carbonyl (C=O) groups is 1. The number of nitrogens with one attached hydrogen (secondary N) is 2. The lowest BCUT2D eigenvalue weighted by Gasteiger charge is -2.14. The standard InChI is InChI=1S/C15H18N4O2/c20-14-9-16-6-11(14)7-18-15(21)13-8-17-10-19(13)12-4-2-1-3-5-12/h1-5,8,10-11,14,16,20H,6-7,9H2,(H,18,21). The van der Waals surface area contributed by atoms with E-state index in [0.29, 0.717) is 18.8 Å². The van der Waals surface area contributed by atoms with E-state index in [1.54, 1.807) is 17.1 Å². The van der Waals surface area contributed by atoms with Gasteiger partial charge < -0.3 is 15.7 Å². The molecule has 2 heterocycles. The summed E-state index contributed by atoms with van der Waals surface area (Å²) in [5.41, 5.74) is 1.38. The van der Waals surface area contributed by atoms with E-state index in [-0.39, 0.29) is 11.8 Å². The fraction of sp³-hybridized carbons (Fsp3) is 0.333. The molecular weight excluding hydrogens is 268 g/mol. The van der Waals surface area contributed by atoms with Crippen LogP contribution >= 0.6 is 0 Å². The van der Waals surface area contributed by atoms with Gasteiger partial charge in [-0.25, -0.2) is 4.98 Å². The highest BCUT2D eigenvalue weighted by molar-refractivity contribution is 5.93. The fourth-order valence-electron chi connectivity index (χ4n) is 2.50. The summed E-state index contributed by atoms with van der Waals surface area (Å²) in [6.45, 7) is 1.76. The van der Waals surface area contributed by atoms with Crippen molar-refractivity contribution in [2.24, 2.45) is 5.92 Å². The second-order valence-corrected chi connectivity index (χ2v) is 5.18. The highest BCUT2D eigenvalue weighted by Gasteiger charge is 2.25. The molecule has 3 N–H and O–H groups in total. The van der Waals surface area contributed by atoms with Gasteiger partial charge in [-0.2, -0.15) is 0 Å². The van der Waals surface area contributed by atoms with Crippen LogP contribution in [0.15, 0.2) is 42.9 Å². The zero-order chi connectivity index (χ0) is 14.7. The van der Waals surface area contributed by atoms with Crippen LogP contribution in [-0.2, 0) is 0 Å². The van der Waals surface area contributed by atoms with Crippen LogP contribution in [0.1, 0.15) is 10.5 Å². The van der Waals surface area contributed by atoms with Crippen molar-refractivity contribution in [1.29, 1.82) is 0 Å². The summed E-state index contributed by atoms with van der Waals surface area (Å²) in [5, 5.41) is 15.7. The monoisotopic (exact) mass is 286 g/mol. The number of aliphatic hydroxyl groups excluding tert-OH is 1. The smallest absolute Gasteiger partial charge is 0.269 e. The second-order valence-electron chi connectivity index (χ2n) is 5.18. The van der Waals surface area contributed by atoms with Gasteiger partial charge in [0.05, 0.1) is 18.6 Å². The number of hydrogen-bond donors (Lipinski definition) is 3. The molecule has 1 aromatic heterocycles. The van der Waals surface area contributed by atoms with Gasteiger partial charge in [-0.3, -0.25) is 9.36 Å². The molecule has 0 aliphatic carbocycles. The lowest BCUT2D eigenvalue weighted by Crippen LogP contribution is -2.35. The van der Waals surface area contributed by atoms with E-state index < -0.39 is 6.10 Å². The third-order valence-electron chi connectivity index (χ3n) is 3.73. The predicted molar refractivity (Wildman–Crippen MR) is 78.3 cm³/mol. The van der Waals surface area contributed by atoms with Crippen LogP contribution in [0.4, 0.5) is 0 Å². The highest BCUT2D eigenvalue weighted by atomic mass is 16.3. The van der Waals surface area contributed by atoms with Crippen LogP contribution in [0, 0.1) is 5.92 Å². The number of imidazole rings is 1. The van der Waals surface area contributed by atoms with Gasteiger partial charge in [-0.1, -0.05) is 18.2 Å². The van der Waals surface area contributed by atoms with Crippen LogP contribution in [0.2, 0.25) is 0 Å². The van der Waals surface area contributed by atoms with E-state index >= 15 is 0 Å². The molecule has 2 aromatic rings. The molecular formula is C15H18N4O2. The van der Waals surface area contributed by atoms with E-state index in [1.165, 1.54) is 0 Å². The maximum Gasteiger partial charge on any atom is 0.269 e. The largest absolute Gasteiger partial charge is 0.391 e. The van der Waals surface area contributed by atoms with Gasteiger partial charge in [-0.15, -0.1) is 0 Å². The SMILES string of the molecule is O=C(NCC1CNCC1O)c1cncn1-c1ccccc1. The van der Waals surface area contributed by atoms with Crippen molar-refractivity contribution < 1.29 is 9.90 Å². The first-order valence-electron chi connectivity index (χ1n) is 7.00. The molecule has 0 radical (unpaired) electrons. The quantitative estimate of drug-likeness (QED) is 0.749. The summed E-state index contributed by atoms with van der Waals surface area (Å²) in [5.74, 6) is -0.127. The Morgan fingerprint density at radius 2 is 2.19 bits per heavy atom. The van der Waals surface area contributed by atoms with E-state index in [0.717, 1.165) is 12.2 Å². The molecule has 6 heteroatoms. The molecule has 1 aliphatic rings. The molecule has 1 aliphatic heterocycles. The van der Waals surface area contributed by atoms with Gasteiger partial charge in [0.15, 0.2) is 0 Å². The molecule has 1 amide bonds. The van der Waals surface area contributed by atoms with Crippen LogP contribution in [0.5, 0.6) is 0 Å². The van der Waals surface area contributed by atoms with Gasteiger partial charge in [-0.05, 0) is 12.1 Å². The number of aliphatic hydroxyl groups is 1. The first kappa shape index (κ1) is 13.8. The molecule has 0 bridgehead atoms. The molecule has 0 saturated carbocycles. The van der Waals surface area contributed by atoms with Crippen LogP contribution in [-0.4, -0.2) is 46.3 Å². The van der Waals surface area contributed by atoms with Gasteiger partial charge in [0.25, 0.3) is 5.91 Å². The topological polar surface area (TPSA) is 79.2 Å². The number of carbonyl (C=O) groups excluding carboxylic acids is 1. The molecule has 3 rings (SSSR count). The van der Waals surface area contributed by atoms with Gasteiger partial charge in [0, 0.05) is 31.2 Å².